The summed E-state index contributed by atoms with van der Waals surface area (Å²) in [5.41, 5.74) is 0.0644. The first kappa shape index (κ1) is 15.0. The summed E-state index contributed by atoms with van der Waals surface area (Å²) in [7, 11) is 0. The zero-order chi connectivity index (χ0) is 15.9. The Bertz CT molecular complexity index is 597. The number of urea groups is 1. The number of hydrogen-bond acceptors (Lipinski definition) is 3. The zero-order valence-corrected chi connectivity index (χ0v) is 14.1. The first-order valence-corrected chi connectivity index (χ1v) is 9.40. The molecule has 4 rings (SSSR count). The van der Waals surface area contributed by atoms with E-state index in [0.29, 0.717) is 6.54 Å². The molecular weight excluding hydrogens is 310 g/mol. The van der Waals surface area contributed by atoms with Gasteiger partial charge in [-0.05, 0) is 37.1 Å². The summed E-state index contributed by atoms with van der Waals surface area (Å²) in [5.74, 6) is 0.257. The molecule has 1 spiro atoms. The van der Waals surface area contributed by atoms with E-state index in [-0.39, 0.29) is 23.3 Å². The van der Waals surface area contributed by atoms with Gasteiger partial charge in [-0.1, -0.05) is 6.07 Å². The molecule has 2 atom stereocenters. The Labute approximate surface area is 140 Å². The molecule has 3 amide bonds. The molecule has 1 aliphatic carbocycles. The van der Waals surface area contributed by atoms with Crippen molar-refractivity contribution in [3.63, 3.8) is 0 Å². The van der Waals surface area contributed by atoms with Gasteiger partial charge in [0.2, 0.25) is 5.91 Å². The number of nitrogens with one attached hydrogen (secondary N) is 1. The number of hydrogen-bond donors (Lipinski definition) is 1. The van der Waals surface area contributed by atoms with Gasteiger partial charge in [-0.25, -0.2) is 4.79 Å². The summed E-state index contributed by atoms with van der Waals surface area (Å²) >= 11 is 1.67. The molecule has 23 heavy (non-hydrogen) atoms. The minimum absolute atomic E-state index is 0.0644. The van der Waals surface area contributed by atoms with Crippen molar-refractivity contribution in [3.05, 3.63) is 22.4 Å². The van der Waals surface area contributed by atoms with Gasteiger partial charge in [0, 0.05) is 42.4 Å². The van der Waals surface area contributed by atoms with Crippen molar-refractivity contribution in [3.8, 4) is 0 Å². The Balaban J connectivity index is 1.29. The van der Waals surface area contributed by atoms with Gasteiger partial charge >= 0.3 is 6.03 Å². The highest BCUT2D eigenvalue weighted by molar-refractivity contribution is 7.09. The van der Waals surface area contributed by atoms with Crippen LogP contribution in [-0.4, -0.2) is 47.9 Å². The summed E-state index contributed by atoms with van der Waals surface area (Å²) in [5, 5.41) is 5.08. The molecule has 124 valence electrons. The van der Waals surface area contributed by atoms with E-state index in [1.165, 1.54) is 4.88 Å². The Morgan fingerprint density at radius 2 is 2.09 bits per heavy atom. The third-order valence-electron chi connectivity index (χ3n) is 5.56. The van der Waals surface area contributed by atoms with Crippen LogP contribution in [0.1, 0.15) is 30.6 Å². The lowest BCUT2D eigenvalue weighted by Gasteiger charge is -2.24. The van der Waals surface area contributed by atoms with E-state index < -0.39 is 0 Å². The topological polar surface area (TPSA) is 52.7 Å². The summed E-state index contributed by atoms with van der Waals surface area (Å²) in [6.45, 7) is 3.99. The van der Waals surface area contributed by atoms with Gasteiger partial charge in [0.1, 0.15) is 0 Å². The van der Waals surface area contributed by atoms with Gasteiger partial charge in [-0.15, -0.1) is 11.3 Å². The zero-order valence-electron chi connectivity index (χ0n) is 13.3. The van der Waals surface area contributed by atoms with Crippen LogP contribution in [0.4, 0.5) is 4.79 Å². The molecule has 6 heteroatoms. The van der Waals surface area contributed by atoms with Crippen LogP contribution in [0.3, 0.4) is 0 Å². The molecule has 3 heterocycles. The van der Waals surface area contributed by atoms with E-state index in [1.54, 1.807) is 11.3 Å². The van der Waals surface area contributed by atoms with Gasteiger partial charge in [-0.3, -0.25) is 4.79 Å². The van der Waals surface area contributed by atoms with Crippen LogP contribution >= 0.6 is 11.3 Å². The summed E-state index contributed by atoms with van der Waals surface area (Å²) in [6.07, 6.45) is 4.16. The minimum Gasteiger partial charge on any atom is -0.351 e. The van der Waals surface area contributed by atoms with Crippen molar-refractivity contribution >= 4 is 23.3 Å². The quantitative estimate of drug-likeness (QED) is 0.923. The normalized spacial score (nSPS) is 29.3. The molecule has 3 aliphatic rings. The maximum atomic E-state index is 12.5. The Morgan fingerprint density at radius 3 is 2.83 bits per heavy atom. The predicted octanol–water partition coefficient (Wildman–Crippen LogP) is 2.29. The van der Waals surface area contributed by atoms with Crippen LogP contribution in [0.25, 0.3) is 0 Å². The molecule has 1 N–H and O–H groups in total. The fraction of sp³-hybridized carbons (Fsp3) is 0.647. The van der Waals surface area contributed by atoms with Crippen molar-refractivity contribution in [2.24, 2.45) is 11.3 Å². The summed E-state index contributed by atoms with van der Waals surface area (Å²) in [6, 6.07) is 4.23. The van der Waals surface area contributed by atoms with Crippen LogP contribution in [0, 0.1) is 11.3 Å². The number of carbonyl (C=O) groups is 2. The third-order valence-corrected chi connectivity index (χ3v) is 6.43. The van der Waals surface area contributed by atoms with E-state index >= 15 is 0 Å². The number of likely N-dealkylation sites (tertiary alicyclic amines) is 2. The lowest BCUT2D eigenvalue weighted by atomic mass is 10.0. The standard InChI is InChI=1S/C17H23N3O2S/c21-15(18-11-13-4-3-9-23-13)14-10-17(14)5-8-20(12-17)16(22)19-6-1-2-7-19/h3-4,9,14H,1-2,5-8,10-12H2,(H,18,21)/t14-,17+/m1/s1. The van der Waals surface area contributed by atoms with Crippen molar-refractivity contribution in [2.45, 2.75) is 32.2 Å². The predicted molar refractivity (Wildman–Crippen MR) is 89.1 cm³/mol. The van der Waals surface area contributed by atoms with E-state index in [2.05, 4.69) is 5.32 Å². The largest absolute Gasteiger partial charge is 0.351 e. The number of nitrogens with zero attached hydrogens (tertiary/aromatic N) is 2. The Hall–Kier alpha value is -1.56. The summed E-state index contributed by atoms with van der Waals surface area (Å²) in [4.78, 5) is 30.0. The summed E-state index contributed by atoms with van der Waals surface area (Å²) < 4.78 is 0. The molecule has 2 aliphatic heterocycles. The molecule has 0 unspecified atom stereocenters. The Kier molecular flexibility index (Phi) is 3.79. The first-order valence-electron chi connectivity index (χ1n) is 8.52. The average Bonchev–Trinajstić information content (AvgIpc) is 3.07. The fourth-order valence-electron chi connectivity index (χ4n) is 4.05. The van der Waals surface area contributed by atoms with Crippen LogP contribution < -0.4 is 5.32 Å². The van der Waals surface area contributed by atoms with Crippen molar-refractivity contribution < 1.29 is 9.59 Å². The molecule has 0 aromatic carbocycles. The molecule has 2 saturated heterocycles. The first-order chi connectivity index (χ1) is 11.2. The smallest absolute Gasteiger partial charge is 0.320 e. The minimum atomic E-state index is 0.0644. The maximum absolute atomic E-state index is 12.5. The highest BCUT2D eigenvalue weighted by Crippen LogP contribution is 2.58. The van der Waals surface area contributed by atoms with Gasteiger partial charge in [0.15, 0.2) is 0 Å². The lowest BCUT2D eigenvalue weighted by Crippen LogP contribution is -2.40. The molecule has 1 aromatic rings. The van der Waals surface area contributed by atoms with Crippen LogP contribution in [-0.2, 0) is 11.3 Å². The van der Waals surface area contributed by atoms with Crippen molar-refractivity contribution in [1.82, 2.24) is 15.1 Å². The SMILES string of the molecule is O=C(NCc1cccs1)[C@H]1C[C@]12CCN(C(=O)N1CCCC1)C2. The lowest BCUT2D eigenvalue weighted by molar-refractivity contribution is -0.123. The fourth-order valence-corrected chi connectivity index (χ4v) is 4.69. The monoisotopic (exact) mass is 333 g/mol. The van der Waals surface area contributed by atoms with Crippen LogP contribution in [0.2, 0.25) is 0 Å². The number of carbonyl (C=O) groups excluding carboxylic acids is 2. The maximum Gasteiger partial charge on any atom is 0.320 e. The molecule has 3 fully saturated rings. The van der Waals surface area contributed by atoms with Gasteiger partial charge in [0.25, 0.3) is 0 Å². The molecular formula is C17H23N3O2S. The molecule has 0 bridgehead atoms. The van der Waals surface area contributed by atoms with Gasteiger partial charge in [-0.2, -0.15) is 0 Å². The van der Waals surface area contributed by atoms with Gasteiger partial charge < -0.3 is 15.1 Å². The highest BCUT2D eigenvalue weighted by Gasteiger charge is 2.61. The van der Waals surface area contributed by atoms with Crippen LogP contribution in [0.5, 0.6) is 0 Å². The van der Waals surface area contributed by atoms with Crippen LogP contribution in [0.15, 0.2) is 17.5 Å². The number of thiophene rings is 1. The van der Waals surface area contributed by atoms with E-state index in [4.69, 9.17) is 0 Å². The third kappa shape index (κ3) is 2.84. The number of rotatable bonds is 3. The molecule has 0 radical (unpaired) electrons. The molecule has 5 nitrogen and oxygen atoms in total. The van der Waals surface area contributed by atoms with E-state index in [0.717, 1.165) is 51.9 Å². The van der Waals surface area contributed by atoms with E-state index in [1.807, 2.05) is 27.3 Å². The average molecular weight is 333 g/mol. The highest BCUT2D eigenvalue weighted by atomic mass is 32.1. The molecule has 1 aromatic heterocycles. The van der Waals surface area contributed by atoms with Crippen molar-refractivity contribution in [2.75, 3.05) is 26.2 Å². The number of amides is 3. The second kappa shape index (κ2) is 5.82. The molecule has 1 saturated carbocycles. The van der Waals surface area contributed by atoms with Crippen molar-refractivity contribution in [1.29, 1.82) is 0 Å². The second-order valence-electron chi connectivity index (χ2n) is 7.06. The van der Waals surface area contributed by atoms with E-state index in [9.17, 15) is 9.59 Å². The Morgan fingerprint density at radius 1 is 1.26 bits per heavy atom. The van der Waals surface area contributed by atoms with Gasteiger partial charge in [0.05, 0.1) is 6.54 Å². The second-order valence-corrected chi connectivity index (χ2v) is 8.10.